The third-order valence-electron chi connectivity index (χ3n) is 2.70. The number of ether oxygens (including phenoxy) is 1. The Morgan fingerprint density at radius 2 is 1.80 bits per heavy atom. The highest BCUT2D eigenvalue weighted by Crippen LogP contribution is 2.22. The van der Waals surface area contributed by atoms with Crippen molar-refractivity contribution in [1.82, 2.24) is 0 Å². The molecule has 104 valence electrons. The summed E-state index contributed by atoms with van der Waals surface area (Å²) in [5.41, 5.74) is 0.344. The number of Topliss-reactive ketones (excluding diaryl/α,β-unsaturated/α-hetero) is 1. The highest BCUT2D eigenvalue weighted by Gasteiger charge is 2.17. The highest BCUT2D eigenvalue weighted by atomic mass is 79.9. The number of halogens is 3. The maximum Gasteiger partial charge on any atom is 0.202 e. The van der Waals surface area contributed by atoms with Gasteiger partial charge in [-0.1, -0.05) is 0 Å². The summed E-state index contributed by atoms with van der Waals surface area (Å²) in [5, 5.41) is 0. The van der Waals surface area contributed by atoms with Gasteiger partial charge in [-0.15, -0.1) is 0 Å². The second-order valence-corrected chi connectivity index (χ2v) is 5.06. The number of hydrogen-bond donors (Lipinski definition) is 0. The minimum absolute atomic E-state index is 0.258. The lowest BCUT2D eigenvalue weighted by molar-refractivity contribution is 0.0817. The van der Waals surface area contributed by atoms with E-state index in [0.717, 1.165) is 0 Å². The Kier molecular flexibility index (Phi) is 4.49. The van der Waals surface area contributed by atoms with Gasteiger partial charge in [0.15, 0.2) is 6.10 Å². The zero-order valence-corrected chi connectivity index (χ0v) is 12.2. The first kappa shape index (κ1) is 14.7. The number of carbonyl (C=O) groups is 1. The van der Waals surface area contributed by atoms with Crippen LogP contribution in [0.3, 0.4) is 0 Å². The predicted molar refractivity (Wildman–Crippen MR) is 74.9 cm³/mol. The Morgan fingerprint density at radius 1 is 1.15 bits per heavy atom. The van der Waals surface area contributed by atoms with Gasteiger partial charge >= 0.3 is 0 Å². The number of rotatable bonds is 4. The van der Waals surface area contributed by atoms with Crippen molar-refractivity contribution in [3.8, 4) is 5.75 Å². The van der Waals surface area contributed by atoms with Gasteiger partial charge in [0.2, 0.25) is 5.78 Å². The van der Waals surface area contributed by atoms with Crippen molar-refractivity contribution >= 4 is 21.7 Å². The summed E-state index contributed by atoms with van der Waals surface area (Å²) >= 11 is 3.03. The largest absolute Gasteiger partial charge is 0.482 e. The molecule has 0 aliphatic heterocycles. The lowest BCUT2D eigenvalue weighted by Crippen LogP contribution is -2.23. The molecule has 0 radical (unpaired) electrons. The van der Waals surface area contributed by atoms with Gasteiger partial charge in [-0.2, -0.15) is 0 Å². The van der Waals surface area contributed by atoms with Crippen molar-refractivity contribution < 1.29 is 18.3 Å². The molecule has 0 saturated carbocycles. The maximum atomic E-state index is 13.3. The molecule has 0 aliphatic carbocycles. The SMILES string of the molecule is CC(Oc1ccc(Br)c(F)c1)C(=O)c1ccc(F)cc1. The Bertz CT molecular complexity index is 626. The first-order valence-electron chi connectivity index (χ1n) is 5.89. The fraction of sp³-hybridized carbons (Fsp3) is 0.133. The van der Waals surface area contributed by atoms with Crippen LogP contribution in [0, 0.1) is 11.6 Å². The second kappa shape index (κ2) is 6.13. The topological polar surface area (TPSA) is 26.3 Å². The molecule has 2 aromatic rings. The van der Waals surface area contributed by atoms with Crippen LogP contribution in [-0.4, -0.2) is 11.9 Å². The lowest BCUT2D eigenvalue weighted by atomic mass is 10.1. The Balaban J connectivity index is 2.11. The zero-order chi connectivity index (χ0) is 14.7. The van der Waals surface area contributed by atoms with Gasteiger partial charge in [-0.05, 0) is 59.3 Å². The van der Waals surface area contributed by atoms with Crippen LogP contribution < -0.4 is 4.74 Å². The fourth-order valence-corrected chi connectivity index (χ4v) is 1.90. The molecule has 0 bridgehead atoms. The minimum atomic E-state index is -0.791. The molecular formula is C15H11BrF2O2. The quantitative estimate of drug-likeness (QED) is 0.772. The van der Waals surface area contributed by atoms with Crippen LogP contribution in [0.2, 0.25) is 0 Å². The second-order valence-electron chi connectivity index (χ2n) is 4.21. The van der Waals surface area contributed by atoms with Gasteiger partial charge in [-0.3, -0.25) is 4.79 Å². The van der Waals surface area contributed by atoms with Crippen molar-refractivity contribution in [2.24, 2.45) is 0 Å². The molecule has 0 saturated heterocycles. The van der Waals surface area contributed by atoms with E-state index in [9.17, 15) is 13.6 Å². The monoisotopic (exact) mass is 340 g/mol. The van der Waals surface area contributed by atoms with E-state index in [1.165, 1.54) is 36.4 Å². The van der Waals surface area contributed by atoms with E-state index < -0.39 is 17.7 Å². The van der Waals surface area contributed by atoms with Gasteiger partial charge in [0, 0.05) is 11.6 Å². The molecule has 1 unspecified atom stereocenters. The normalized spacial score (nSPS) is 12.0. The van der Waals surface area contributed by atoms with Gasteiger partial charge < -0.3 is 4.74 Å². The molecular weight excluding hydrogens is 330 g/mol. The zero-order valence-electron chi connectivity index (χ0n) is 10.6. The van der Waals surface area contributed by atoms with E-state index in [2.05, 4.69) is 15.9 Å². The van der Waals surface area contributed by atoms with E-state index in [1.54, 1.807) is 13.0 Å². The average molecular weight is 341 g/mol. The first-order valence-corrected chi connectivity index (χ1v) is 6.68. The molecule has 2 nitrogen and oxygen atoms in total. The van der Waals surface area contributed by atoms with E-state index in [1.807, 2.05) is 0 Å². The van der Waals surface area contributed by atoms with Crippen LogP contribution in [0.25, 0.3) is 0 Å². The van der Waals surface area contributed by atoms with Crippen LogP contribution in [0.15, 0.2) is 46.9 Å². The van der Waals surface area contributed by atoms with Gasteiger partial charge in [0.25, 0.3) is 0 Å². The molecule has 2 aromatic carbocycles. The summed E-state index contributed by atoms with van der Waals surface area (Å²) < 4.78 is 31.9. The summed E-state index contributed by atoms with van der Waals surface area (Å²) in [5.74, 6) is -0.920. The Morgan fingerprint density at radius 3 is 2.40 bits per heavy atom. The molecule has 0 heterocycles. The average Bonchev–Trinajstić information content (AvgIpc) is 2.43. The number of carbonyl (C=O) groups excluding carboxylic acids is 1. The van der Waals surface area contributed by atoms with Gasteiger partial charge in [0.1, 0.15) is 17.4 Å². The van der Waals surface area contributed by atoms with Gasteiger partial charge in [0.05, 0.1) is 4.47 Å². The molecule has 2 rings (SSSR count). The van der Waals surface area contributed by atoms with Crippen LogP contribution in [0.5, 0.6) is 5.75 Å². The number of ketones is 1. The predicted octanol–water partition coefficient (Wildman–Crippen LogP) is 4.38. The van der Waals surface area contributed by atoms with Crippen molar-refractivity contribution in [2.45, 2.75) is 13.0 Å². The maximum absolute atomic E-state index is 13.3. The first-order chi connectivity index (χ1) is 9.47. The van der Waals surface area contributed by atoms with Crippen molar-refractivity contribution in [3.05, 3.63) is 64.1 Å². The van der Waals surface area contributed by atoms with E-state index in [0.29, 0.717) is 10.0 Å². The molecule has 5 heteroatoms. The lowest BCUT2D eigenvalue weighted by Gasteiger charge is -2.14. The van der Waals surface area contributed by atoms with Crippen LogP contribution in [-0.2, 0) is 0 Å². The molecule has 0 amide bonds. The fourth-order valence-electron chi connectivity index (χ4n) is 1.66. The molecule has 0 aliphatic rings. The van der Waals surface area contributed by atoms with Gasteiger partial charge in [-0.25, -0.2) is 8.78 Å². The summed E-state index contributed by atoms with van der Waals surface area (Å²) in [6.45, 7) is 1.56. The standard InChI is InChI=1S/C15H11BrF2O2/c1-9(15(19)10-2-4-11(17)5-3-10)20-12-6-7-13(16)14(18)8-12/h2-9H,1H3. The molecule has 20 heavy (non-hydrogen) atoms. The van der Waals surface area contributed by atoms with E-state index in [4.69, 9.17) is 4.74 Å². The van der Waals surface area contributed by atoms with Crippen LogP contribution >= 0.6 is 15.9 Å². The molecule has 0 fully saturated rings. The van der Waals surface area contributed by atoms with Crippen LogP contribution in [0.1, 0.15) is 17.3 Å². The molecule has 1 atom stereocenters. The summed E-state index contributed by atoms with van der Waals surface area (Å²) in [6, 6.07) is 9.44. The summed E-state index contributed by atoms with van der Waals surface area (Å²) in [7, 11) is 0. The summed E-state index contributed by atoms with van der Waals surface area (Å²) in [4.78, 5) is 12.1. The van der Waals surface area contributed by atoms with E-state index >= 15 is 0 Å². The number of benzene rings is 2. The van der Waals surface area contributed by atoms with Crippen molar-refractivity contribution in [3.63, 3.8) is 0 Å². The Hall–Kier alpha value is -1.75. The van der Waals surface area contributed by atoms with E-state index in [-0.39, 0.29) is 11.5 Å². The van der Waals surface area contributed by atoms with Crippen molar-refractivity contribution in [2.75, 3.05) is 0 Å². The summed E-state index contributed by atoms with van der Waals surface area (Å²) in [6.07, 6.45) is -0.791. The smallest absolute Gasteiger partial charge is 0.202 e. The third kappa shape index (κ3) is 3.42. The Labute approximate surface area is 123 Å². The molecule has 0 aromatic heterocycles. The van der Waals surface area contributed by atoms with Crippen molar-refractivity contribution in [1.29, 1.82) is 0 Å². The molecule has 0 spiro atoms. The molecule has 0 N–H and O–H groups in total. The minimum Gasteiger partial charge on any atom is -0.482 e. The highest BCUT2D eigenvalue weighted by molar-refractivity contribution is 9.10. The van der Waals surface area contributed by atoms with Crippen LogP contribution in [0.4, 0.5) is 8.78 Å². The third-order valence-corrected chi connectivity index (χ3v) is 3.35. The number of hydrogen-bond acceptors (Lipinski definition) is 2.